The van der Waals surface area contributed by atoms with Gasteiger partial charge in [-0.25, -0.2) is 0 Å². The zero-order valence-corrected chi connectivity index (χ0v) is 12.1. The average molecular weight is 269 g/mol. The quantitative estimate of drug-likeness (QED) is 0.756. The Morgan fingerprint density at radius 2 is 1.85 bits per heavy atom. The molecule has 0 aliphatic rings. The molecule has 0 fully saturated rings. The van der Waals surface area contributed by atoms with Gasteiger partial charge in [0.1, 0.15) is 11.5 Å². The van der Waals surface area contributed by atoms with E-state index in [1.54, 1.807) is 12.3 Å². The van der Waals surface area contributed by atoms with Crippen molar-refractivity contribution in [2.24, 2.45) is 0 Å². The van der Waals surface area contributed by atoms with Gasteiger partial charge in [0, 0.05) is 11.8 Å². The summed E-state index contributed by atoms with van der Waals surface area (Å²) in [6.45, 7) is 6.63. The van der Waals surface area contributed by atoms with Crippen molar-refractivity contribution in [1.82, 2.24) is 4.98 Å². The van der Waals surface area contributed by atoms with Crippen LogP contribution in [0.5, 0.6) is 11.5 Å². The number of carbonyl (C=O) groups excluding carboxylic acids is 1. The summed E-state index contributed by atoms with van der Waals surface area (Å²) in [4.78, 5) is 14.7. The Morgan fingerprint density at radius 3 is 2.45 bits per heavy atom. The van der Waals surface area contributed by atoms with Crippen LogP contribution in [-0.2, 0) is 5.41 Å². The van der Waals surface area contributed by atoms with Crippen molar-refractivity contribution in [3.63, 3.8) is 0 Å². The minimum Gasteiger partial charge on any atom is -0.456 e. The maximum atomic E-state index is 10.7. The molecule has 1 aromatic carbocycles. The topological polar surface area (TPSA) is 39.2 Å². The Bertz CT molecular complexity index is 588. The average Bonchev–Trinajstić information content (AvgIpc) is 2.48. The summed E-state index contributed by atoms with van der Waals surface area (Å²) in [6.07, 6.45) is 4.94. The summed E-state index contributed by atoms with van der Waals surface area (Å²) in [5.74, 6) is 1.31. The molecule has 0 unspecified atom stereocenters. The molecule has 104 valence electrons. The molecule has 3 nitrogen and oxygen atoms in total. The molecule has 0 aliphatic carbocycles. The van der Waals surface area contributed by atoms with Crippen molar-refractivity contribution in [2.75, 3.05) is 0 Å². The van der Waals surface area contributed by atoms with Gasteiger partial charge >= 0.3 is 0 Å². The van der Waals surface area contributed by atoms with Crippen LogP contribution >= 0.6 is 0 Å². The number of benzene rings is 1. The van der Waals surface area contributed by atoms with Gasteiger partial charge in [-0.1, -0.05) is 32.9 Å². The first-order valence-corrected chi connectivity index (χ1v) is 6.74. The van der Waals surface area contributed by atoms with Crippen LogP contribution in [-0.4, -0.2) is 11.3 Å². The molecule has 0 saturated heterocycles. The third-order valence-corrected chi connectivity index (χ3v) is 3.63. The molecule has 0 saturated carbocycles. The maximum absolute atomic E-state index is 10.7. The summed E-state index contributed by atoms with van der Waals surface area (Å²) in [5.41, 5.74) is 1.95. The highest BCUT2D eigenvalue weighted by molar-refractivity contribution is 5.74. The molecule has 0 aliphatic heterocycles. The van der Waals surface area contributed by atoms with Crippen LogP contribution in [0, 0.1) is 0 Å². The lowest BCUT2D eigenvalue weighted by molar-refractivity contribution is 0.112. The van der Waals surface area contributed by atoms with Crippen LogP contribution in [0.15, 0.2) is 42.7 Å². The predicted molar refractivity (Wildman–Crippen MR) is 79.5 cm³/mol. The van der Waals surface area contributed by atoms with Crippen molar-refractivity contribution >= 4 is 6.29 Å². The zero-order valence-electron chi connectivity index (χ0n) is 12.1. The lowest BCUT2D eigenvalue weighted by Crippen LogP contribution is -2.14. The second-order valence-electron chi connectivity index (χ2n) is 5.44. The first-order valence-electron chi connectivity index (χ1n) is 6.74. The number of hydrogen-bond donors (Lipinski definition) is 0. The van der Waals surface area contributed by atoms with Crippen molar-refractivity contribution < 1.29 is 9.53 Å². The normalized spacial score (nSPS) is 11.2. The SMILES string of the molecule is CCC(C)(C)c1ccc(Oc2cncc(C=O)c2)cc1. The van der Waals surface area contributed by atoms with Gasteiger partial charge in [-0.05, 0) is 35.6 Å². The standard InChI is InChI=1S/C17H19NO2/c1-4-17(2,3)14-5-7-15(8-6-14)20-16-9-13(12-19)10-18-11-16/h5-12H,4H2,1-3H3. The highest BCUT2D eigenvalue weighted by Gasteiger charge is 2.17. The van der Waals surface area contributed by atoms with Gasteiger partial charge in [0.15, 0.2) is 6.29 Å². The Kier molecular flexibility index (Phi) is 4.18. The molecule has 20 heavy (non-hydrogen) atoms. The van der Waals surface area contributed by atoms with Gasteiger partial charge < -0.3 is 4.74 Å². The summed E-state index contributed by atoms with van der Waals surface area (Å²) in [6, 6.07) is 9.72. The number of aldehydes is 1. The second-order valence-corrected chi connectivity index (χ2v) is 5.44. The third-order valence-electron chi connectivity index (χ3n) is 3.63. The number of aromatic nitrogens is 1. The van der Waals surface area contributed by atoms with Crippen LogP contribution in [0.1, 0.15) is 43.1 Å². The van der Waals surface area contributed by atoms with Gasteiger partial charge in [-0.15, -0.1) is 0 Å². The Balaban J connectivity index is 2.16. The second kappa shape index (κ2) is 5.87. The monoisotopic (exact) mass is 269 g/mol. The fourth-order valence-corrected chi connectivity index (χ4v) is 1.87. The van der Waals surface area contributed by atoms with E-state index in [1.807, 2.05) is 12.1 Å². The molecule has 2 rings (SSSR count). The molecule has 2 aromatic rings. The number of rotatable bonds is 5. The van der Waals surface area contributed by atoms with E-state index in [4.69, 9.17) is 4.74 Å². The number of pyridine rings is 1. The summed E-state index contributed by atoms with van der Waals surface area (Å²) in [5, 5.41) is 0. The van der Waals surface area contributed by atoms with Crippen LogP contribution in [0.4, 0.5) is 0 Å². The van der Waals surface area contributed by atoms with E-state index in [2.05, 4.69) is 37.9 Å². The van der Waals surface area contributed by atoms with E-state index >= 15 is 0 Å². The number of hydrogen-bond acceptors (Lipinski definition) is 3. The minimum atomic E-state index is 0.164. The summed E-state index contributed by atoms with van der Waals surface area (Å²) in [7, 11) is 0. The van der Waals surface area contributed by atoms with E-state index in [0.717, 1.165) is 18.5 Å². The smallest absolute Gasteiger partial charge is 0.151 e. The van der Waals surface area contributed by atoms with E-state index < -0.39 is 0 Å². The zero-order chi connectivity index (χ0) is 14.6. The molecule has 0 radical (unpaired) electrons. The third kappa shape index (κ3) is 3.23. The van der Waals surface area contributed by atoms with E-state index in [-0.39, 0.29) is 5.41 Å². The number of nitrogens with zero attached hydrogens (tertiary/aromatic N) is 1. The molecule has 1 heterocycles. The summed E-state index contributed by atoms with van der Waals surface area (Å²) >= 11 is 0. The Labute approximate surface area is 119 Å². The molecule has 0 amide bonds. The number of carbonyl (C=O) groups is 1. The van der Waals surface area contributed by atoms with E-state index in [0.29, 0.717) is 11.3 Å². The van der Waals surface area contributed by atoms with Crippen molar-refractivity contribution in [2.45, 2.75) is 32.6 Å². The lowest BCUT2D eigenvalue weighted by Gasteiger charge is -2.23. The van der Waals surface area contributed by atoms with Crippen LogP contribution in [0.25, 0.3) is 0 Å². The summed E-state index contributed by atoms with van der Waals surface area (Å²) < 4.78 is 5.70. The highest BCUT2D eigenvalue weighted by Crippen LogP contribution is 2.29. The molecule has 1 aromatic heterocycles. The van der Waals surface area contributed by atoms with E-state index in [9.17, 15) is 4.79 Å². The van der Waals surface area contributed by atoms with Crippen LogP contribution in [0.2, 0.25) is 0 Å². The predicted octanol–water partition coefficient (Wildman–Crippen LogP) is 4.37. The van der Waals surface area contributed by atoms with Crippen LogP contribution < -0.4 is 4.74 Å². The fraction of sp³-hybridized carbons (Fsp3) is 0.294. The molecule has 0 N–H and O–H groups in total. The maximum Gasteiger partial charge on any atom is 0.151 e. The first-order chi connectivity index (χ1) is 9.55. The largest absolute Gasteiger partial charge is 0.456 e. The minimum absolute atomic E-state index is 0.164. The van der Waals surface area contributed by atoms with Crippen molar-refractivity contribution in [1.29, 1.82) is 0 Å². The fourth-order valence-electron chi connectivity index (χ4n) is 1.87. The molecule has 0 bridgehead atoms. The Morgan fingerprint density at radius 1 is 1.15 bits per heavy atom. The molecular formula is C17H19NO2. The molecule has 0 spiro atoms. The van der Waals surface area contributed by atoms with Gasteiger partial charge in [-0.3, -0.25) is 9.78 Å². The number of ether oxygens (including phenoxy) is 1. The van der Waals surface area contributed by atoms with Gasteiger partial charge in [0.05, 0.1) is 6.20 Å². The van der Waals surface area contributed by atoms with Crippen LogP contribution in [0.3, 0.4) is 0 Å². The van der Waals surface area contributed by atoms with Crippen molar-refractivity contribution in [3.05, 3.63) is 53.9 Å². The van der Waals surface area contributed by atoms with Crippen molar-refractivity contribution in [3.8, 4) is 11.5 Å². The van der Waals surface area contributed by atoms with Gasteiger partial charge in [-0.2, -0.15) is 0 Å². The van der Waals surface area contributed by atoms with E-state index in [1.165, 1.54) is 11.8 Å². The lowest BCUT2D eigenvalue weighted by atomic mass is 9.82. The van der Waals surface area contributed by atoms with Gasteiger partial charge in [0.25, 0.3) is 0 Å². The first kappa shape index (κ1) is 14.3. The molecule has 3 heteroatoms. The highest BCUT2D eigenvalue weighted by atomic mass is 16.5. The molecular weight excluding hydrogens is 250 g/mol. The van der Waals surface area contributed by atoms with Gasteiger partial charge in [0.2, 0.25) is 0 Å². The molecule has 0 atom stereocenters. The Hall–Kier alpha value is -2.16.